The Hall–Kier alpha value is -2.04. The fourth-order valence-electron chi connectivity index (χ4n) is 2.52. The summed E-state index contributed by atoms with van der Waals surface area (Å²) in [5.41, 5.74) is 3.56. The molecule has 0 atom stereocenters. The average molecular weight is 359 g/mol. The van der Waals surface area contributed by atoms with Crippen molar-refractivity contribution in [1.82, 2.24) is 15.5 Å². The van der Waals surface area contributed by atoms with Crippen LogP contribution in [-0.2, 0) is 19.6 Å². The first kappa shape index (κ1) is 19.3. The van der Waals surface area contributed by atoms with Crippen LogP contribution in [0.3, 0.4) is 0 Å². The van der Waals surface area contributed by atoms with Crippen LogP contribution in [0.5, 0.6) is 0 Å². The molecule has 2 N–H and O–H groups in total. The molecule has 0 amide bonds. The lowest BCUT2D eigenvalue weighted by atomic mass is 10.1. The van der Waals surface area contributed by atoms with Crippen molar-refractivity contribution >= 4 is 17.6 Å². The Balaban J connectivity index is 2.00. The number of aliphatic imine (C=N–C) groups is 1. The predicted octanol–water partition coefficient (Wildman–Crippen LogP) is 3.66. The third-order valence-corrected chi connectivity index (χ3v) is 4.03. The molecule has 5 heteroatoms. The molecule has 2 aromatic carbocycles. The molecule has 0 saturated carbocycles. The van der Waals surface area contributed by atoms with E-state index in [4.69, 9.17) is 11.6 Å². The smallest absolute Gasteiger partial charge is 0.191 e. The molecule has 134 valence electrons. The Morgan fingerprint density at radius 3 is 2.52 bits per heavy atom. The van der Waals surface area contributed by atoms with Crippen molar-refractivity contribution in [1.29, 1.82) is 0 Å². The van der Waals surface area contributed by atoms with Crippen LogP contribution in [0.1, 0.15) is 23.6 Å². The minimum Gasteiger partial charge on any atom is -0.357 e. The molecule has 0 aromatic heterocycles. The van der Waals surface area contributed by atoms with E-state index in [1.54, 1.807) is 0 Å². The van der Waals surface area contributed by atoms with E-state index in [1.807, 2.05) is 24.3 Å². The molecule has 0 aliphatic rings. The molecule has 0 aliphatic heterocycles. The summed E-state index contributed by atoms with van der Waals surface area (Å²) in [5, 5.41) is 7.38. The van der Waals surface area contributed by atoms with Gasteiger partial charge in [0.2, 0.25) is 0 Å². The van der Waals surface area contributed by atoms with Gasteiger partial charge in [0, 0.05) is 24.7 Å². The summed E-state index contributed by atoms with van der Waals surface area (Å²) in [6.07, 6.45) is 0. The zero-order valence-corrected chi connectivity index (χ0v) is 16.0. The van der Waals surface area contributed by atoms with Crippen LogP contribution in [0.15, 0.2) is 53.5 Å². The minimum atomic E-state index is 0.638. The molecule has 4 nitrogen and oxygen atoms in total. The predicted molar refractivity (Wildman–Crippen MR) is 107 cm³/mol. The standard InChI is InChI=1S/C20H27ClN4/c1-4-22-20(24-14-18-10-5-6-11-19(18)21)23-13-16-8-7-9-17(12-16)15-25(2)3/h5-12H,4,13-15H2,1-3H3,(H2,22,23,24). The van der Waals surface area contributed by atoms with E-state index in [-0.39, 0.29) is 0 Å². The fraction of sp³-hybridized carbons (Fsp3) is 0.350. The minimum absolute atomic E-state index is 0.638. The molecule has 2 rings (SSSR count). The van der Waals surface area contributed by atoms with Gasteiger partial charge >= 0.3 is 0 Å². The van der Waals surface area contributed by atoms with Gasteiger partial charge in [0.15, 0.2) is 5.96 Å². The zero-order chi connectivity index (χ0) is 18.1. The van der Waals surface area contributed by atoms with Crippen molar-refractivity contribution in [3.63, 3.8) is 0 Å². The number of halogens is 1. The second-order valence-electron chi connectivity index (χ2n) is 6.20. The normalized spacial score (nSPS) is 11.6. The van der Waals surface area contributed by atoms with Crippen molar-refractivity contribution in [2.75, 3.05) is 20.6 Å². The van der Waals surface area contributed by atoms with Crippen LogP contribution in [0.4, 0.5) is 0 Å². The molecule has 0 radical (unpaired) electrons. The summed E-state index contributed by atoms with van der Waals surface area (Å²) in [4.78, 5) is 6.85. The summed E-state index contributed by atoms with van der Waals surface area (Å²) in [6, 6.07) is 16.4. The van der Waals surface area contributed by atoms with E-state index in [0.29, 0.717) is 13.1 Å². The van der Waals surface area contributed by atoms with Gasteiger partial charge in [-0.1, -0.05) is 54.1 Å². The molecular formula is C20H27ClN4. The molecule has 0 aliphatic carbocycles. The Labute approximate surface area is 155 Å². The second-order valence-corrected chi connectivity index (χ2v) is 6.61. The van der Waals surface area contributed by atoms with Gasteiger partial charge in [-0.05, 0) is 43.8 Å². The van der Waals surface area contributed by atoms with Crippen LogP contribution in [-0.4, -0.2) is 31.5 Å². The highest BCUT2D eigenvalue weighted by atomic mass is 35.5. The van der Waals surface area contributed by atoms with Gasteiger partial charge in [0.05, 0.1) is 6.54 Å². The maximum Gasteiger partial charge on any atom is 0.191 e. The van der Waals surface area contributed by atoms with Crippen molar-refractivity contribution < 1.29 is 0 Å². The van der Waals surface area contributed by atoms with Crippen LogP contribution >= 0.6 is 11.6 Å². The van der Waals surface area contributed by atoms with Gasteiger partial charge in [0.25, 0.3) is 0 Å². The SMILES string of the molecule is CCNC(=NCc1cccc(CN(C)C)c1)NCc1ccccc1Cl. The Morgan fingerprint density at radius 2 is 1.80 bits per heavy atom. The van der Waals surface area contributed by atoms with Crippen LogP contribution in [0, 0.1) is 0 Å². The molecule has 0 saturated heterocycles. The highest BCUT2D eigenvalue weighted by molar-refractivity contribution is 6.31. The first-order chi connectivity index (χ1) is 12.1. The number of nitrogens with zero attached hydrogens (tertiary/aromatic N) is 2. The quantitative estimate of drug-likeness (QED) is 0.586. The van der Waals surface area contributed by atoms with Gasteiger partial charge in [-0.3, -0.25) is 0 Å². The molecule has 0 unspecified atom stereocenters. The molecule has 0 fully saturated rings. The number of benzene rings is 2. The number of hydrogen-bond donors (Lipinski definition) is 2. The third-order valence-electron chi connectivity index (χ3n) is 3.66. The van der Waals surface area contributed by atoms with E-state index in [2.05, 4.69) is 65.8 Å². The van der Waals surface area contributed by atoms with Gasteiger partial charge in [0.1, 0.15) is 0 Å². The summed E-state index contributed by atoms with van der Waals surface area (Å²) in [5.74, 6) is 0.792. The molecule has 2 aromatic rings. The van der Waals surface area contributed by atoms with Crippen molar-refractivity contribution in [2.24, 2.45) is 4.99 Å². The number of guanidine groups is 1. The largest absolute Gasteiger partial charge is 0.357 e. The topological polar surface area (TPSA) is 39.7 Å². The van der Waals surface area contributed by atoms with Gasteiger partial charge < -0.3 is 15.5 Å². The second kappa shape index (κ2) is 10.1. The number of nitrogens with one attached hydrogen (secondary N) is 2. The first-order valence-corrected chi connectivity index (χ1v) is 8.94. The van der Waals surface area contributed by atoms with E-state index in [1.165, 1.54) is 11.1 Å². The van der Waals surface area contributed by atoms with E-state index in [0.717, 1.165) is 29.6 Å². The molecule has 0 spiro atoms. The van der Waals surface area contributed by atoms with E-state index >= 15 is 0 Å². The van der Waals surface area contributed by atoms with Crippen molar-refractivity contribution in [2.45, 2.75) is 26.6 Å². The lowest BCUT2D eigenvalue weighted by Gasteiger charge is -2.13. The van der Waals surface area contributed by atoms with Crippen molar-refractivity contribution in [3.05, 3.63) is 70.2 Å². The van der Waals surface area contributed by atoms with E-state index in [9.17, 15) is 0 Å². The lowest BCUT2D eigenvalue weighted by Crippen LogP contribution is -2.36. The monoisotopic (exact) mass is 358 g/mol. The van der Waals surface area contributed by atoms with E-state index < -0.39 is 0 Å². The zero-order valence-electron chi connectivity index (χ0n) is 15.2. The summed E-state index contributed by atoms with van der Waals surface area (Å²) >= 11 is 6.21. The van der Waals surface area contributed by atoms with Crippen LogP contribution in [0.25, 0.3) is 0 Å². The Kier molecular flexibility index (Phi) is 7.76. The number of hydrogen-bond acceptors (Lipinski definition) is 2. The Morgan fingerprint density at radius 1 is 1.04 bits per heavy atom. The third kappa shape index (κ3) is 6.77. The summed E-state index contributed by atoms with van der Waals surface area (Å²) in [7, 11) is 4.15. The first-order valence-electron chi connectivity index (χ1n) is 8.56. The molecule has 0 bridgehead atoms. The molecule has 25 heavy (non-hydrogen) atoms. The highest BCUT2D eigenvalue weighted by Crippen LogP contribution is 2.14. The fourth-order valence-corrected chi connectivity index (χ4v) is 2.73. The van der Waals surface area contributed by atoms with Gasteiger partial charge in [-0.25, -0.2) is 4.99 Å². The number of rotatable bonds is 7. The molecule has 0 heterocycles. The maximum atomic E-state index is 6.21. The highest BCUT2D eigenvalue weighted by Gasteiger charge is 2.02. The maximum absolute atomic E-state index is 6.21. The Bertz CT molecular complexity index is 698. The van der Waals surface area contributed by atoms with Crippen LogP contribution < -0.4 is 10.6 Å². The van der Waals surface area contributed by atoms with Gasteiger partial charge in [-0.15, -0.1) is 0 Å². The van der Waals surface area contributed by atoms with Crippen molar-refractivity contribution in [3.8, 4) is 0 Å². The van der Waals surface area contributed by atoms with Gasteiger partial charge in [-0.2, -0.15) is 0 Å². The van der Waals surface area contributed by atoms with Crippen LogP contribution in [0.2, 0.25) is 5.02 Å². The summed E-state index contributed by atoms with van der Waals surface area (Å²) in [6.45, 7) is 5.09. The average Bonchev–Trinajstić information content (AvgIpc) is 2.58. The lowest BCUT2D eigenvalue weighted by molar-refractivity contribution is 0.402. The summed E-state index contributed by atoms with van der Waals surface area (Å²) < 4.78 is 0. The molecular weight excluding hydrogens is 332 g/mol.